The van der Waals surface area contributed by atoms with Gasteiger partial charge in [0.05, 0.1) is 35.9 Å². The molecule has 1 fully saturated rings. The van der Waals surface area contributed by atoms with Crippen LogP contribution < -0.4 is 4.90 Å². The zero-order valence-corrected chi connectivity index (χ0v) is 15.3. The second kappa shape index (κ2) is 7.13. The van der Waals surface area contributed by atoms with Gasteiger partial charge in [0.2, 0.25) is 0 Å². The molecule has 2 aromatic heterocycles. The third-order valence-electron chi connectivity index (χ3n) is 5.46. The number of aldehydes is 1. The second-order valence-electron chi connectivity index (χ2n) is 7.20. The van der Waals surface area contributed by atoms with Crippen LogP contribution >= 0.6 is 0 Å². The summed E-state index contributed by atoms with van der Waals surface area (Å²) >= 11 is 0. The van der Waals surface area contributed by atoms with Gasteiger partial charge in [-0.1, -0.05) is 0 Å². The molecule has 0 N–H and O–H groups in total. The number of carbonyl (C=O) groups excluding carboxylic acids is 1. The molecule has 1 unspecified atom stereocenters. The molecular weight excluding hydrogens is 328 g/mol. The molecule has 2 aliphatic rings. The van der Waals surface area contributed by atoms with Crippen molar-refractivity contribution in [1.82, 2.24) is 14.9 Å². The van der Waals surface area contributed by atoms with Gasteiger partial charge in [-0.05, 0) is 36.2 Å². The van der Waals surface area contributed by atoms with Crippen molar-refractivity contribution in [2.24, 2.45) is 5.92 Å². The summed E-state index contributed by atoms with van der Waals surface area (Å²) in [5, 5.41) is 0. The number of hydrogen-bond acceptors (Lipinski definition) is 6. The van der Waals surface area contributed by atoms with E-state index < -0.39 is 0 Å². The Balaban J connectivity index is 1.44. The van der Waals surface area contributed by atoms with Gasteiger partial charge in [0.25, 0.3) is 0 Å². The van der Waals surface area contributed by atoms with E-state index in [-0.39, 0.29) is 6.04 Å². The van der Waals surface area contributed by atoms with Crippen LogP contribution in [0.2, 0.25) is 0 Å². The van der Waals surface area contributed by atoms with E-state index >= 15 is 0 Å². The maximum atomic E-state index is 11.9. The van der Waals surface area contributed by atoms with Crippen molar-refractivity contribution in [3.05, 3.63) is 53.1 Å². The highest BCUT2D eigenvalue weighted by Gasteiger charge is 2.39. The van der Waals surface area contributed by atoms with Crippen molar-refractivity contribution >= 4 is 12.0 Å². The van der Waals surface area contributed by atoms with Crippen LogP contribution in [0.25, 0.3) is 0 Å². The van der Waals surface area contributed by atoms with Crippen LogP contribution in [-0.2, 0) is 29.2 Å². The molecule has 4 rings (SSSR count). The minimum atomic E-state index is -0.0672. The van der Waals surface area contributed by atoms with Crippen molar-refractivity contribution in [2.75, 3.05) is 25.1 Å². The molecule has 136 valence electrons. The Morgan fingerprint density at radius 3 is 2.92 bits per heavy atom. The Kier molecular flexibility index (Phi) is 4.70. The number of pyridine rings is 2. The number of anilines is 1. The van der Waals surface area contributed by atoms with Gasteiger partial charge >= 0.3 is 0 Å². The summed E-state index contributed by atoms with van der Waals surface area (Å²) in [4.78, 5) is 25.3. The summed E-state index contributed by atoms with van der Waals surface area (Å²) in [7, 11) is 1.68. The van der Waals surface area contributed by atoms with E-state index in [0.29, 0.717) is 12.5 Å². The van der Waals surface area contributed by atoms with Gasteiger partial charge in [-0.2, -0.15) is 0 Å². The van der Waals surface area contributed by atoms with Crippen LogP contribution in [0.5, 0.6) is 0 Å². The number of fused-ring (bicyclic) bond motifs is 1. The van der Waals surface area contributed by atoms with Crippen LogP contribution in [-0.4, -0.2) is 47.4 Å². The fraction of sp³-hybridized carbons (Fsp3) is 0.450. The molecule has 0 aromatic carbocycles. The molecule has 2 aromatic rings. The van der Waals surface area contributed by atoms with Gasteiger partial charge in [0.1, 0.15) is 6.29 Å². The van der Waals surface area contributed by atoms with E-state index in [0.717, 1.165) is 49.5 Å². The van der Waals surface area contributed by atoms with Gasteiger partial charge in [-0.25, -0.2) is 0 Å². The number of rotatable bonds is 6. The smallest absolute Gasteiger partial charge is 0.137 e. The molecular formula is C20H24N4O2. The first-order valence-corrected chi connectivity index (χ1v) is 9.01. The van der Waals surface area contributed by atoms with E-state index in [9.17, 15) is 4.79 Å². The minimum Gasteiger partial charge on any atom is -0.378 e. The molecule has 0 saturated carbocycles. The highest BCUT2D eigenvalue weighted by molar-refractivity contribution is 5.61. The van der Waals surface area contributed by atoms with E-state index in [1.54, 1.807) is 13.3 Å². The van der Waals surface area contributed by atoms with E-state index in [1.807, 2.05) is 12.3 Å². The second-order valence-corrected chi connectivity index (χ2v) is 7.20. The highest BCUT2D eigenvalue weighted by Crippen LogP contribution is 2.32. The monoisotopic (exact) mass is 352 g/mol. The Morgan fingerprint density at radius 2 is 2.23 bits per heavy atom. The van der Waals surface area contributed by atoms with Crippen molar-refractivity contribution in [2.45, 2.75) is 32.7 Å². The number of hydrogen-bond donors (Lipinski definition) is 0. The van der Waals surface area contributed by atoms with Crippen LogP contribution in [0.3, 0.4) is 0 Å². The topological polar surface area (TPSA) is 58.6 Å². The molecule has 4 heterocycles. The average Bonchev–Trinajstić information content (AvgIpc) is 3.03. The van der Waals surface area contributed by atoms with Gasteiger partial charge in [0.15, 0.2) is 0 Å². The van der Waals surface area contributed by atoms with E-state index in [1.165, 1.54) is 11.1 Å². The van der Waals surface area contributed by atoms with Gasteiger partial charge in [-0.15, -0.1) is 0 Å². The lowest BCUT2D eigenvalue weighted by atomic mass is 9.91. The fourth-order valence-corrected chi connectivity index (χ4v) is 4.04. The zero-order valence-electron chi connectivity index (χ0n) is 15.3. The molecule has 0 aliphatic carbocycles. The van der Waals surface area contributed by atoms with Crippen molar-refractivity contribution < 1.29 is 9.53 Å². The number of ether oxygens (including phenoxy) is 1. The van der Waals surface area contributed by atoms with Crippen LogP contribution in [0.4, 0.5) is 5.69 Å². The molecule has 6 heteroatoms. The lowest BCUT2D eigenvalue weighted by Gasteiger charge is -2.45. The van der Waals surface area contributed by atoms with Crippen LogP contribution in [0.1, 0.15) is 22.5 Å². The summed E-state index contributed by atoms with van der Waals surface area (Å²) in [6, 6.07) is 6.04. The fourth-order valence-electron chi connectivity index (χ4n) is 4.04. The Labute approximate surface area is 153 Å². The van der Waals surface area contributed by atoms with Gasteiger partial charge in [0, 0.05) is 45.4 Å². The number of methoxy groups -OCH3 is 1. The molecule has 2 aliphatic heterocycles. The van der Waals surface area contributed by atoms with E-state index in [4.69, 9.17) is 9.72 Å². The first-order chi connectivity index (χ1) is 12.7. The van der Waals surface area contributed by atoms with Crippen LogP contribution in [0.15, 0.2) is 30.6 Å². The van der Waals surface area contributed by atoms with Crippen molar-refractivity contribution in [1.29, 1.82) is 0 Å². The maximum absolute atomic E-state index is 11.9. The molecule has 1 atom stereocenters. The van der Waals surface area contributed by atoms with Crippen molar-refractivity contribution in [3.63, 3.8) is 0 Å². The summed E-state index contributed by atoms with van der Waals surface area (Å²) in [5.74, 6) is 0.348. The molecule has 26 heavy (non-hydrogen) atoms. The highest BCUT2D eigenvalue weighted by atomic mass is 16.5. The van der Waals surface area contributed by atoms with Crippen LogP contribution in [0, 0.1) is 12.8 Å². The quantitative estimate of drug-likeness (QED) is 0.741. The Bertz CT molecular complexity index is 790. The largest absolute Gasteiger partial charge is 0.378 e. The number of nitrogens with zero attached hydrogens (tertiary/aromatic N) is 4. The Morgan fingerprint density at radius 1 is 1.38 bits per heavy atom. The average molecular weight is 352 g/mol. The maximum Gasteiger partial charge on any atom is 0.137 e. The first kappa shape index (κ1) is 17.1. The summed E-state index contributed by atoms with van der Waals surface area (Å²) in [6.45, 7) is 5.96. The van der Waals surface area contributed by atoms with Crippen molar-refractivity contribution in [3.8, 4) is 0 Å². The molecule has 0 amide bonds. The standard InChI is InChI=1S/C20H24N4O2/c1-14-6-16(13-26-2)22-19-11-24(10-18(14)19)20(12-25)15-8-23(9-15)17-4-3-5-21-7-17/h3-7,12,15,20H,8-11,13H2,1-2H3. The van der Waals surface area contributed by atoms with Gasteiger partial charge < -0.3 is 14.4 Å². The molecule has 1 saturated heterocycles. The minimum absolute atomic E-state index is 0.0672. The number of aromatic nitrogens is 2. The van der Waals surface area contributed by atoms with E-state index in [2.05, 4.69) is 33.8 Å². The normalized spacial score (nSPS) is 18.5. The third kappa shape index (κ3) is 3.10. The SMILES string of the molecule is COCc1cc(C)c2c(n1)CN(C(C=O)C1CN(c3cccnc3)C1)C2. The molecule has 6 nitrogen and oxygen atoms in total. The lowest BCUT2D eigenvalue weighted by molar-refractivity contribution is -0.114. The molecule has 0 spiro atoms. The zero-order chi connectivity index (χ0) is 18.1. The summed E-state index contributed by atoms with van der Waals surface area (Å²) in [5.41, 5.74) is 5.67. The predicted molar refractivity (Wildman–Crippen MR) is 98.7 cm³/mol. The first-order valence-electron chi connectivity index (χ1n) is 9.01. The molecule has 0 radical (unpaired) electrons. The summed E-state index contributed by atoms with van der Waals surface area (Å²) < 4.78 is 5.21. The predicted octanol–water partition coefficient (Wildman–Crippen LogP) is 1.95. The lowest BCUT2D eigenvalue weighted by Crippen LogP contribution is -2.56. The number of carbonyl (C=O) groups is 1. The van der Waals surface area contributed by atoms with Gasteiger partial charge in [-0.3, -0.25) is 14.9 Å². The summed E-state index contributed by atoms with van der Waals surface area (Å²) in [6.07, 6.45) is 4.77. The Hall–Kier alpha value is -2.31. The molecule has 0 bridgehead atoms. The number of aryl methyl sites for hydroxylation is 1. The third-order valence-corrected chi connectivity index (χ3v) is 5.46.